The van der Waals surface area contributed by atoms with Gasteiger partial charge in [-0.1, -0.05) is 24.3 Å². The number of aromatic nitrogens is 2. The van der Waals surface area contributed by atoms with Crippen molar-refractivity contribution in [1.29, 1.82) is 0 Å². The van der Waals surface area contributed by atoms with Gasteiger partial charge in [0.05, 0.1) is 17.1 Å². The van der Waals surface area contributed by atoms with Crippen LogP contribution in [0.2, 0.25) is 0 Å². The number of hydrogen-bond donors (Lipinski definition) is 2. The van der Waals surface area contributed by atoms with Crippen molar-refractivity contribution in [3.8, 4) is 0 Å². The van der Waals surface area contributed by atoms with E-state index in [4.69, 9.17) is 5.14 Å². The average molecular weight is 413 g/mol. The number of aryl methyl sites for hydroxylation is 2. The molecular formula is C21H24N4O3S. The first kappa shape index (κ1) is 20.8. The smallest absolute Gasteiger partial charge is 0.251 e. The fraction of sp³-hybridized carbons (Fsp3) is 0.238. The Morgan fingerprint density at radius 3 is 2.41 bits per heavy atom. The molecule has 152 valence electrons. The number of amides is 1. The third-order valence-electron chi connectivity index (χ3n) is 4.58. The number of rotatable bonds is 7. The quantitative estimate of drug-likeness (QED) is 0.620. The van der Waals surface area contributed by atoms with Gasteiger partial charge in [-0.15, -0.1) is 0 Å². The number of nitrogens with zero attached hydrogens (tertiary/aromatic N) is 2. The number of nitrogens with one attached hydrogen (secondary N) is 1. The lowest BCUT2D eigenvalue weighted by atomic mass is 10.1. The Morgan fingerprint density at radius 1 is 1.07 bits per heavy atom. The van der Waals surface area contributed by atoms with Crippen LogP contribution in [-0.4, -0.2) is 30.7 Å². The average Bonchev–Trinajstić information content (AvgIpc) is 2.98. The van der Waals surface area contributed by atoms with Gasteiger partial charge in [0.15, 0.2) is 0 Å². The molecule has 2 aromatic carbocycles. The Kier molecular flexibility index (Phi) is 6.14. The van der Waals surface area contributed by atoms with E-state index < -0.39 is 10.0 Å². The Hall–Kier alpha value is -2.97. The molecule has 1 heterocycles. The molecule has 3 N–H and O–H groups in total. The largest absolute Gasteiger partial charge is 0.352 e. The van der Waals surface area contributed by atoms with Crippen molar-refractivity contribution in [2.45, 2.75) is 31.7 Å². The summed E-state index contributed by atoms with van der Waals surface area (Å²) in [4.78, 5) is 12.5. The minimum absolute atomic E-state index is 0.0738. The van der Waals surface area contributed by atoms with E-state index in [9.17, 15) is 13.2 Å². The third kappa shape index (κ3) is 5.52. The summed E-state index contributed by atoms with van der Waals surface area (Å²) in [6.07, 6.45) is 0.585. The van der Waals surface area contributed by atoms with Crippen molar-refractivity contribution in [3.63, 3.8) is 0 Å². The minimum Gasteiger partial charge on any atom is -0.352 e. The fourth-order valence-electron chi connectivity index (χ4n) is 3.09. The standard InChI is InChI=1S/C21H24N4O3S/c1-15-12-16(2)25(24-15)14-18-4-3-5-19(13-18)21(26)23-11-10-17-6-8-20(9-7-17)29(22,27)28/h3-9,12-13H,10-11,14H2,1-2H3,(H,23,26)(H2,22,27,28). The van der Waals surface area contributed by atoms with Crippen molar-refractivity contribution < 1.29 is 13.2 Å². The van der Waals surface area contributed by atoms with Gasteiger partial charge in [-0.3, -0.25) is 9.48 Å². The van der Waals surface area contributed by atoms with Crippen LogP contribution in [0.4, 0.5) is 0 Å². The summed E-state index contributed by atoms with van der Waals surface area (Å²) >= 11 is 0. The summed E-state index contributed by atoms with van der Waals surface area (Å²) in [7, 11) is -3.69. The number of carbonyl (C=O) groups excluding carboxylic acids is 1. The second-order valence-corrected chi connectivity index (χ2v) is 8.54. The van der Waals surface area contributed by atoms with Crippen LogP contribution in [0, 0.1) is 13.8 Å². The van der Waals surface area contributed by atoms with Gasteiger partial charge in [0.1, 0.15) is 0 Å². The second kappa shape index (κ2) is 8.59. The van der Waals surface area contributed by atoms with Gasteiger partial charge in [-0.2, -0.15) is 5.10 Å². The predicted molar refractivity (Wildman–Crippen MR) is 111 cm³/mol. The molecule has 0 unspecified atom stereocenters. The zero-order valence-electron chi connectivity index (χ0n) is 16.4. The number of hydrogen-bond acceptors (Lipinski definition) is 4. The van der Waals surface area contributed by atoms with Crippen LogP contribution in [0.3, 0.4) is 0 Å². The highest BCUT2D eigenvalue weighted by Crippen LogP contribution is 2.11. The maximum absolute atomic E-state index is 12.5. The first-order valence-electron chi connectivity index (χ1n) is 9.22. The highest BCUT2D eigenvalue weighted by atomic mass is 32.2. The molecule has 1 amide bonds. The Balaban J connectivity index is 1.57. The summed E-state index contributed by atoms with van der Waals surface area (Å²) in [5, 5.41) is 12.4. The lowest BCUT2D eigenvalue weighted by Gasteiger charge is -2.09. The van der Waals surface area contributed by atoms with Crippen LogP contribution in [0.5, 0.6) is 0 Å². The zero-order chi connectivity index (χ0) is 21.0. The zero-order valence-corrected chi connectivity index (χ0v) is 17.2. The lowest BCUT2D eigenvalue weighted by Crippen LogP contribution is -2.25. The molecule has 0 bridgehead atoms. The van der Waals surface area contributed by atoms with E-state index in [0.29, 0.717) is 25.1 Å². The van der Waals surface area contributed by atoms with E-state index in [1.807, 2.05) is 42.8 Å². The highest BCUT2D eigenvalue weighted by molar-refractivity contribution is 7.89. The van der Waals surface area contributed by atoms with E-state index >= 15 is 0 Å². The summed E-state index contributed by atoms with van der Waals surface area (Å²) in [5.41, 5.74) is 4.55. The third-order valence-corrected chi connectivity index (χ3v) is 5.51. The maximum atomic E-state index is 12.5. The van der Waals surface area contributed by atoms with E-state index in [-0.39, 0.29) is 10.8 Å². The summed E-state index contributed by atoms with van der Waals surface area (Å²) in [6.45, 7) is 5.01. The molecule has 0 atom stereocenters. The molecule has 29 heavy (non-hydrogen) atoms. The molecule has 8 heteroatoms. The Morgan fingerprint density at radius 2 is 1.79 bits per heavy atom. The van der Waals surface area contributed by atoms with E-state index in [1.165, 1.54) is 12.1 Å². The summed E-state index contributed by atoms with van der Waals surface area (Å²) in [6, 6.07) is 15.8. The number of sulfonamides is 1. The van der Waals surface area contributed by atoms with Crippen molar-refractivity contribution in [2.75, 3.05) is 6.54 Å². The number of primary sulfonamides is 1. The molecule has 0 fully saturated rings. The predicted octanol–water partition coefficient (Wildman–Crippen LogP) is 2.17. The second-order valence-electron chi connectivity index (χ2n) is 6.98. The SMILES string of the molecule is Cc1cc(C)n(Cc2cccc(C(=O)NCCc3ccc(S(N)(=O)=O)cc3)c2)n1. The van der Waals surface area contributed by atoms with Crippen molar-refractivity contribution in [3.05, 3.63) is 82.7 Å². The number of nitrogens with two attached hydrogens (primary N) is 1. The van der Waals surface area contributed by atoms with Crippen molar-refractivity contribution in [1.82, 2.24) is 15.1 Å². The van der Waals surface area contributed by atoms with Crippen LogP contribution >= 0.6 is 0 Å². The molecule has 0 saturated carbocycles. The molecule has 0 aliphatic carbocycles. The van der Waals surface area contributed by atoms with Crippen molar-refractivity contribution >= 4 is 15.9 Å². The first-order valence-corrected chi connectivity index (χ1v) is 10.8. The molecule has 0 spiro atoms. The van der Waals surface area contributed by atoms with Gasteiger partial charge in [0.2, 0.25) is 10.0 Å². The molecular weight excluding hydrogens is 388 g/mol. The van der Waals surface area contributed by atoms with Crippen LogP contribution < -0.4 is 10.5 Å². The Bertz CT molecular complexity index is 1120. The number of carbonyl (C=O) groups is 1. The van der Waals surface area contributed by atoms with Crippen molar-refractivity contribution in [2.24, 2.45) is 5.14 Å². The topological polar surface area (TPSA) is 107 Å². The molecule has 0 saturated heterocycles. The van der Waals surface area contributed by atoms with Gasteiger partial charge in [0.25, 0.3) is 5.91 Å². The minimum atomic E-state index is -3.69. The molecule has 0 aliphatic rings. The van der Waals surface area contributed by atoms with Gasteiger partial charge in [0, 0.05) is 17.8 Å². The monoisotopic (exact) mass is 412 g/mol. The van der Waals surface area contributed by atoms with Gasteiger partial charge >= 0.3 is 0 Å². The molecule has 0 aliphatic heterocycles. The van der Waals surface area contributed by atoms with E-state index in [2.05, 4.69) is 10.4 Å². The maximum Gasteiger partial charge on any atom is 0.251 e. The molecule has 1 aromatic heterocycles. The molecule has 0 radical (unpaired) electrons. The molecule has 3 rings (SSSR count). The summed E-state index contributed by atoms with van der Waals surface area (Å²) < 4.78 is 24.5. The fourth-order valence-corrected chi connectivity index (χ4v) is 3.60. The van der Waals surface area contributed by atoms with Crippen LogP contribution in [-0.2, 0) is 23.0 Å². The lowest BCUT2D eigenvalue weighted by molar-refractivity contribution is 0.0954. The van der Waals surface area contributed by atoms with Gasteiger partial charge in [-0.05, 0) is 61.7 Å². The molecule has 7 nitrogen and oxygen atoms in total. The number of benzene rings is 2. The van der Waals surface area contributed by atoms with E-state index in [0.717, 1.165) is 22.5 Å². The Labute approximate surface area is 170 Å². The normalized spacial score (nSPS) is 11.4. The van der Waals surface area contributed by atoms with Gasteiger partial charge < -0.3 is 5.32 Å². The van der Waals surface area contributed by atoms with Gasteiger partial charge in [-0.25, -0.2) is 13.6 Å². The summed E-state index contributed by atoms with van der Waals surface area (Å²) in [5.74, 6) is -0.152. The first-order chi connectivity index (χ1) is 13.7. The van der Waals surface area contributed by atoms with Crippen LogP contribution in [0.25, 0.3) is 0 Å². The molecule has 3 aromatic rings. The van der Waals surface area contributed by atoms with E-state index in [1.54, 1.807) is 18.2 Å². The van der Waals surface area contributed by atoms with Crippen LogP contribution in [0.1, 0.15) is 32.9 Å². The highest BCUT2D eigenvalue weighted by Gasteiger charge is 2.09. The van der Waals surface area contributed by atoms with Crippen LogP contribution in [0.15, 0.2) is 59.5 Å².